The second kappa shape index (κ2) is 30.9. The number of aldehydes is 2. The lowest BCUT2D eigenvalue weighted by molar-refractivity contribution is -0.137. The molecule has 61 heavy (non-hydrogen) atoms. The van der Waals surface area contributed by atoms with E-state index in [2.05, 4.69) is 76.2 Å². The van der Waals surface area contributed by atoms with E-state index in [1.54, 1.807) is 6.20 Å². The number of fused-ring (bicyclic) bond motifs is 1. The van der Waals surface area contributed by atoms with Crippen molar-refractivity contribution in [3.8, 4) is 11.5 Å². The summed E-state index contributed by atoms with van der Waals surface area (Å²) in [5.74, 6) is 1.46. The highest BCUT2D eigenvalue weighted by atomic mass is 16.7. The molecule has 0 saturated heterocycles. The Balaban J connectivity index is 0.000000315. The molecule has 4 aromatic rings. The molecule has 1 aliphatic heterocycles. The zero-order valence-corrected chi connectivity index (χ0v) is 36.7. The molecule has 1 unspecified atom stereocenters. The van der Waals surface area contributed by atoms with Crippen molar-refractivity contribution < 1.29 is 34.1 Å². The average molecular weight is 839 g/mol. The number of hydrogen-bond donors (Lipinski definition) is 6. The molecule has 1 aromatic heterocycles. The van der Waals surface area contributed by atoms with Gasteiger partial charge in [-0.25, -0.2) is 0 Å². The number of carboxylic acid groups (broad SMARTS) is 1. The van der Waals surface area contributed by atoms with Gasteiger partial charge in [0.05, 0.1) is 24.7 Å². The van der Waals surface area contributed by atoms with Crippen LogP contribution in [0.3, 0.4) is 0 Å². The number of anilines is 2. The number of aromatic nitrogens is 1. The van der Waals surface area contributed by atoms with E-state index in [1.807, 2.05) is 86.8 Å². The highest BCUT2D eigenvalue weighted by molar-refractivity contribution is 5.68. The van der Waals surface area contributed by atoms with Gasteiger partial charge in [0.1, 0.15) is 18.4 Å². The third kappa shape index (κ3) is 20.2. The number of carbonyl (C=O) groups is 3. The van der Waals surface area contributed by atoms with Gasteiger partial charge < -0.3 is 50.5 Å². The molecule has 0 saturated carbocycles. The van der Waals surface area contributed by atoms with E-state index in [0.717, 1.165) is 98.2 Å². The number of nitrogens with one attached hydrogen (secondary N) is 4. The normalized spacial score (nSPS) is 12.0. The van der Waals surface area contributed by atoms with Gasteiger partial charge in [0.25, 0.3) is 0 Å². The van der Waals surface area contributed by atoms with Gasteiger partial charge in [0.2, 0.25) is 6.79 Å². The van der Waals surface area contributed by atoms with Crippen molar-refractivity contribution in [2.24, 2.45) is 0 Å². The zero-order chi connectivity index (χ0) is 44.7. The van der Waals surface area contributed by atoms with Crippen molar-refractivity contribution in [3.05, 3.63) is 137 Å². The molecule has 3 aromatic carbocycles. The Hall–Kier alpha value is -6.02. The first-order chi connectivity index (χ1) is 29.7. The van der Waals surface area contributed by atoms with Crippen molar-refractivity contribution in [1.82, 2.24) is 20.5 Å². The van der Waals surface area contributed by atoms with Gasteiger partial charge >= 0.3 is 5.97 Å². The number of para-hydroxylation sites is 1. The fraction of sp³-hybridized carbons (Fsp3) is 0.375. The molecule has 2 heterocycles. The number of likely N-dealkylation sites (N-methyl/N-ethyl adjacent to an activating group) is 1. The van der Waals surface area contributed by atoms with Crippen LogP contribution in [0, 0.1) is 6.92 Å². The lowest BCUT2D eigenvalue weighted by atomic mass is 10.0. The maximum Gasteiger partial charge on any atom is 0.305 e. The van der Waals surface area contributed by atoms with Crippen LogP contribution in [0.25, 0.3) is 0 Å². The molecule has 0 bridgehead atoms. The minimum atomic E-state index is -0.851. The number of carbonyl (C=O) groups excluding carboxylic acids is 2. The summed E-state index contributed by atoms with van der Waals surface area (Å²) in [6.07, 6.45) is 12.4. The van der Waals surface area contributed by atoms with Crippen LogP contribution in [-0.4, -0.2) is 79.2 Å². The van der Waals surface area contributed by atoms with E-state index in [4.69, 9.17) is 14.6 Å². The van der Waals surface area contributed by atoms with E-state index >= 15 is 0 Å². The standard InChI is InChI=1S/C19H22N2O.C16H22N2O4.C12H18N2O.CH4O/c1-3-6-19(21-18-8-5-4-7-15(18)2)20-17-11-9-16(10-12-17)13-14-22;1-3-4-12(9-17-2)18-13(8-16(19)20)11-5-6-14-15(7-11)22-10-21-14;1-2-3-8-14(9-10-15)11-12-6-4-5-7-13-12;1-2/h4-12,14,20-21H,3,13H2,1-2H3;4-7,13,17-18H,3,8-10H2,1-2H3,(H,19,20);4-7,10H,2-3,8-9,11H2,1H3;2H,1H3/b19-6-;12-4+;;. The van der Waals surface area contributed by atoms with Gasteiger partial charge in [-0.05, 0) is 105 Å². The van der Waals surface area contributed by atoms with Crippen LogP contribution < -0.4 is 30.7 Å². The monoisotopic (exact) mass is 838 g/mol. The Labute approximate surface area is 362 Å². The summed E-state index contributed by atoms with van der Waals surface area (Å²) in [5.41, 5.74) is 7.18. The summed E-state index contributed by atoms with van der Waals surface area (Å²) >= 11 is 0. The van der Waals surface area contributed by atoms with Crippen molar-refractivity contribution in [3.63, 3.8) is 0 Å². The fourth-order valence-electron chi connectivity index (χ4n) is 6.01. The molecule has 13 nitrogen and oxygen atoms in total. The number of aliphatic carboxylic acids is 1. The molecular weight excluding hydrogens is 773 g/mol. The first-order valence-electron chi connectivity index (χ1n) is 20.8. The number of hydrogen-bond acceptors (Lipinski definition) is 12. The van der Waals surface area contributed by atoms with Crippen molar-refractivity contribution in [2.45, 2.75) is 78.8 Å². The number of benzene rings is 3. The summed E-state index contributed by atoms with van der Waals surface area (Å²) in [6, 6.07) is 27.2. The summed E-state index contributed by atoms with van der Waals surface area (Å²) in [4.78, 5) is 38.6. The van der Waals surface area contributed by atoms with Crippen LogP contribution in [0.1, 0.15) is 81.3 Å². The number of rotatable bonds is 22. The first kappa shape index (κ1) is 51.1. The van der Waals surface area contributed by atoms with E-state index in [0.29, 0.717) is 31.0 Å². The Morgan fingerprint density at radius 3 is 2.23 bits per heavy atom. The quantitative estimate of drug-likeness (QED) is 0.0420. The highest BCUT2D eigenvalue weighted by Gasteiger charge is 2.21. The number of nitrogens with zero attached hydrogens (tertiary/aromatic N) is 2. The lowest BCUT2D eigenvalue weighted by Crippen LogP contribution is -2.28. The van der Waals surface area contributed by atoms with Crippen molar-refractivity contribution in [1.29, 1.82) is 0 Å². The highest BCUT2D eigenvalue weighted by Crippen LogP contribution is 2.35. The summed E-state index contributed by atoms with van der Waals surface area (Å²) in [6.45, 7) is 11.5. The molecular formula is C48H66N6O7. The number of aliphatic hydroxyl groups excluding tert-OH is 1. The molecule has 0 aliphatic carbocycles. The second-order valence-electron chi connectivity index (χ2n) is 13.8. The Bertz CT molecular complexity index is 1900. The molecule has 5 rings (SSSR count). The predicted molar refractivity (Wildman–Crippen MR) is 245 cm³/mol. The lowest BCUT2D eigenvalue weighted by Gasteiger charge is -2.21. The molecule has 0 spiro atoms. The third-order valence-corrected chi connectivity index (χ3v) is 9.00. The smallest absolute Gasteiger partial charge is 0.305 e. The van der Waals surface area contributed by atoms with E-state index < -0.39 is 5.97 Å². The minimum Gasteiger partial charge on any atom is -0.481 e. The molecule has 330 valence electrons. The van der Waals surface area contributed by atoms with Gasteiger partial charge in [0, 0.05) is 49.9 Å². The summed E-state index contributed by atoms with van der Waals surface area (Å²) in [5, 5.41) is 29.4. The number of ether oxygens (including phenoxy) is 2. The van der Waals surface area contributed by atoms with Gasteiger partial charge in [-0.15, -0.1) is 0 Å². The van der Waals surface area contributed by atoms with E-state index in [9.17, 15) is 19.5 Å². The summed E-state index contributed by atoms with van der Waals surface area (Å²) in [7, 11) is 2.86. The van der Waals surface area contributed by atoms with Gasteiger partial charge in [-0.2, -0.15) is 0 Å². The number of carboxylic acids is 1. The van der Waals surface area contributed by atoms with Crippen LogP contribution in [-0.2, 0) is 27.3 Å². The van der Waals surface area contributed by atoms with Gasteiger partial charge in [-0.1, -0.05) is 75.7 Å². The van der Waals surface area contributed by atoms with Gasteiger partial charge in [0.15, 0.2) is 11.5 Å². The van der Waals surface area contributed by atoms with Crippen LogP contribution in [0.2, 0.25) is 0 Å². The second-order valence-corrected chi connectivity index (χ2v) is 13.8. The Morgan fingerprint density at radius 1 is 0.885 bits per heavy atom. The Morgan fingerprint density at radius 2 is 1.61 bits per heavy atom. The predicted octanol–water partition coefficient (Wildman–Crippen LogP) is 8.04. The molecule has 1 aliphatic rings. The number of aryl methyl sites for hydroxylation is 1. The van der Waals surface area contributed by atoms with Crippen molar-refractivity contribution in [2.75, 3.05) is 51.2 Å². The first-order valence-corrected chi connectivity index (χ1v) is 20.8. The number of pyridine rings is 1. The number of allylic oxidation sites excluding steroid dienone is 2. The molecule has 0 radical (unpaired) electrons. The van der Waals surface area contributed by atoms with Crippen molar-refractivity contribution >= 4 is 29.9 Å². The average Bonchev–Trinajstić information content (AvgIpc) is 3.74. The third-order valence-electron chi connectivity index (χ3n) is 9.00. The maximum atomic E-state index is 11.2. The molecule has 13 heteroatoms. The van der Waals surface area contributed by atoms with Crippen LogP contribution in [0.15, 0.2) is 115 Å². The molecule has 0 fully saturated rings. The van der Waals surface area contributed by atoms with E-state index in [1.165, 1.54) is 5.56 Å². The number of unbranched alkanes of at least 4 members (excludes halogenated alkanes) is 1. The SMILES string of the molecule is CC/C=C(/Nc1ccc(CC=O)cc1)Nc1ccccc1C.CC/C=C(\CNC)NC(CC(=O)O)c1ccc2c(c1)OCO2.CCCCN(CC=O)Cc1ccccn1.CO. The molecule has 1 atom stereocenters. The van der Waals surface area contributed by atoms with E-state index in [-0.39, 0.29) is 19.3 Å². The fourth-order valence-corrected chi connectivity index (χ4v) is 6.01. The maximum absolute atomic E-state index is 11.2. The van der Waals surface area contributed by atoms with Crippen LogP contribution in [0.4, 0.5) is 11.4 Å². The largest absolute Gasteiger partial charge is 0.481 e. The van der Waals surface area contributed by atoms with Crippen LogP contribution in [0.5, 0.6) is 11.5 Å². The Kier molecular flexibility index (Phi) is 25.9. The van der Waals surface area contributed by atoms with Crippen LogP contribution >= 0.6 is 0 Å². The zero-order valence-electron chi connectivity index (χ0n) is 36.7. The number of aliphatic hydroxyl groups is 1. The van der Waals surface area contributed by atoms with Gasteiger partial charge in [-0.3, -0.25) is 14.7 Å². The molecule has 6 N–H and O–H groups in total. The minimum absolute atomic E-state index is 0.00951. The topological polar surface area (TPSA) is 174 Å². The summed E-state index contributed by atoms with van der Waals surface area (Å²) < 4.78 is 10.7. The molecule has 0 amide bonds.